The van der Waals surface area contributed by atoms with Gasteiger partial charge >= 0.3 is 0 Å². The smallest absolute Gasteiger partial charge is 0.0949 e. The van der Waals surface area contributed by atoms with Crippen molar-refractivity contribution < 1.29 is 0 Å². The second-order valence-electron chi connectivity index (χ2n) is 6.08. The summed E-state index contributed by atoms with van der Waals surface area (Å²) in [5.74, 6) is 0. The fourth-order valence-electron chi connectivity index (χ4n) is 3.54. The van der Waals surface area contributed by atoms with Gasteiger partial charge in [0.05, 0.1) is 12.0 Å². The molecule has 19 heavy (non-hydrogen) atoms. The van der Waals surface area contributed by atoms with E-state index in [1.807, 2.05) is 12.5 Å². The zero-order chi connectivity index (χ0) is 13.1. The van der Waals surface area contributed by atoms with Gasteiger partial charge in [-0.1, -0.05) is 12.8 Å². The van der Waals surface area contributed by atoms with Crippen molar-refractivity contribution in [3.05, 3.63) is 18.2 Å². The Morgan fingerprint density at radius 3 is 2.89 bits per heavy atom. The first-order valence-corrected chi connectivity index (χ1v) is 7.78. The first-order chi connectivity index (χ1) is 9.34. The molecule has 2 heterocycles. The summed E-state index contributed by atoms with van der Waals surface area (Å²) in [6.07, 6.45) is 12.2. The summed E-state index contributed by atoms with van der Waals surface area (Å²) in [6, 6.07) is 1.34. The molecule has 2 fully saturated rings. The molecule has 0 bridgehead atoms. The topological polar surface area (TPSA) is 33.1 Å². The predicted octanol–water partition coefficient (Wildman–Crippen LogP) is 2.18. The lowest BCUT2D eigenvalue weighted by molar-refractivity contribution is 0.235. The molecule has 1 saturated heterocycles. The molecule has 1 aliphatic heterocycles. The van der Waals surface area contributed by atoms with Crippen molar-refractivity contribution in [3.63, 3.8) is 0 Å². The van der Waals surface area contributed by atoms with Crippen LogP contribution in [0.1, 0.15) is 50.3 Å². The molecule has 3 rings (SSSR count). The molecule has 1 saturated carbocycles. The zero-order valence-corrected chi connectivity index (χ0v) is 12.0. The molecule has 4 heteroatoms. The van der Waals surface area contributed by atoms with Gasteiger partial charge in [-0.15, -0.1) is 0 Å². The molecular weight excluding hydrogens is 236 g/mol. The Bertz CT molecular complexity index is 389. The van der Waals surface area contributed by atoms with E-state index in [1.54, 1.807) is 0 Å². The van der Waals surface area contributed by atoms with E-state index in [9.17, 15) is 0 Å². The van der Waals surface area contributed by atoms with Crippen molar-refractivity contribution in [2.24, 2.45) is 0 Å². The van der Waals surface area contributed by atoms with Crippen molar-refractivity contribution in [1.82, 2.24) is 19.8 Å². The van der Waals surface area contributed by atoms with E-state index >= 15 is 0 Å². The van der Waals surface area contributed by atoms with Crippen LogP contribution in [-0.2, 0) is 6.54 Å². The van der Waals surface area contributed by atoms with E-state index in [4.69, 9.17) is 0 Å². The van der Waals surface area contributed by atoms with Crippen LogP contribution in [-0.4, -0.2) is 40.6 Å². The van der Waals surface area contributed by atoms with Crippen LogP contribution in [0.15, 0.2) is 12.5 Å². The van der Waals surface area contributed by atoms with E-state index in [1.165, 1.54) is 44.2 Å². The Hall–Kier alpha value is -0.870. The highest BCUT2D eigenvalue weighted by Gasteiger charge is 2.21. The number of hydrogen-bond donors (Lipinski definition) is 1. The number of rotatable bonds is 5. The Labute approximate surface area is 116 Å². The van der Waals surface area contributed by atoms with Gasteiger partial charge in [0, 0.05) is 31.4 Å². The van der Waals surface area contributed by atoms with Gasteiger partial charge < -0.3 is 14.8 Å². The molecule has 1 unspecified atom stereocenters. The Balaban J connectivity index is 1.56. The van der Waals surface area contributed by atoms with Crippen molar-refractivity contribution >= 4 is 0 Å². The quantitative estimate of drug-likeness (QED) is 0.883. The fraction of sp³-hybridized carbons (Fsp3) is 0.800. The largest absolute Gasteiger partial charge is 0.332 e. The molecule has 0 aromatic carbocycles. The zero-order valence-electron chi connectivity index (χ0n) is 12.0. The molecule has 1 atom stereocenters. The summed E-state index contributed by atoms with van der Waals surface area (Å²) < 4.78 is 2.34. The lowest BCUT2D eigenvalue weighted by atomic mass is 10.2. The van der Waals surface area contributed by atoms with E-state index in [-0.39, 0.29) is 0 Å². The molecular formula is C15H26N4. The van der Waals surface area contributed by atoms with Crippen LogP contribution in [0.2, 0.25) is 0 Å². The Morgan fingerprint density at radius 1 is 1.32 bits per heavy atom. The molecule has 4 nitrogen and oxygen atoms in total. The molecule has 2 aliphatic rings. The first kappa shape index (κ1) is 13.1. The standard InChI is InChI=1S/C15H26N4/c1-18(13-5-2-3-6-13)9-10-19-12-16-11-15(19)14-7-4-8-17-14/h11-14,17H,2-10H2,1H3. The highest BCUT2D eigenvalue weighted by atomic mass is 15.2. The summed E-state index contributed by atoms with van der Waals surface area (Å²) in [5, 5.41) is 3.57. The van der Waals surface area contributed by atoms with Crippen LogP contribution in [0.5, 0.6) is 0 Å². The predicted molar refractivity (Wildman–Crippen MR) is 77.1 cm³/mol. The third-order valence-electron chi connectivity index (χ3n) is 4.80. The molecule has 1 N–H and O–H groups in total. The van der Waals surface area contributed by atoms with Crippen LogP contribution in [0.25, 0.3) is 0 Å². The Morgan fingerprint density at radius 2 is 2.16 bits per heavy atom. The minimum atomic E-state index is 0.527. The van der Waals surface area contributed by atoms with Gasteiger partial charge in [-0.05, 0) is 39.3 Å². The maximum Gasteiger partial charge on any atom is 0.0949 e. The number of hydrogen-bond acceptors (Lipinski definition) is 3. The maximum absolute atomic E-state index is 4.35. The van der Waals surface area contributed by atoms with Crippen LogP contribution in [0.3, 0.4) is 0 Å². The summed E-state index contributed by atoms with van der Waals surface area (Å²) in [7, 11) is 2.28. The number of likely N-dealkylation sites (N-methyl/N-ethyl adjacent to an activating group) is 1. The van der Waals surface area contributed by atoms with Gasteiger partial charge in [-0.2, -0.15) is 0 Å². The number of imidazole rings is 1. The lowest BCUT2D eigenvalue weighted by Crippen LogP contribution is -2.32. The van der Waals surface area contributed by atoms with Gasteiger partial charge in [-0.25, -0.2) is 4.98 Å². The molecule has 1 aliphatic carbocycles. The van der Waals surface area contributed by atoms with E-state index in [0.29, 0.717) is 6.04 Å². The molecule has 0 amide bonds. The van der Waals surface area contributed by atoms with Crippen molar-refractivity contribution in [2.75, 3.05) is 20.1 Å². The highest BCUT2D eigenvalue weighted by Crippen LogP contribution is 2.24. The van der Waals surface area contributed by atoms with Gasteiger partial charge in [0.15, 0.2) is 0 Å². The third-order valence-corrected chi connectivity index (χ3v) is 4.80. The van der Waals surface area contributed by atoms with Crippen LogP contribution < -0.4 is 5.32 Å². The summed E-state index contributed by atoms with van der Waals surface area (Å²) >= 11 is 0. The summed E-state index contributed by atoms with van der Waals surface area (Å²) in [4.78, 5) is 6.89. The molecule has 0 spiro atoms. The van der Waals surface area contributed by atoms with Gasteiger partial charge in [-0.3, -0.25) is 0 Å². The highest BCUT2D eigenvalue weighted by molar-refractivity contribution is 5.07. The molecule has 106 valence electrons. The van der Waals surface area contributed by atoms with E-state index in [2.05, 4.69) is 26.8 Å². The SMILES string of the molecule is CN(CCn1cncc1C1CCCN1)C1CCCC1. The first-order valence-electron chi connectivity index (χ1n) is 7.78. The number of nitrogens with one attached hydrogen (secondary N) is 1. The summed E-state index contributed by atoms with van der Waals surface area (Å²) in [6.45, 7) is 3.36. The van der Waals surface area contributed by atoms with Crippen LogP contribution in [0, 0.1) is 0 Å². The minimum absolute atomic E-state index is 0.527. The van der Waals surface area contributed by atoms with Gasteiger partial charge in [0.2, 0.25) is 0 Å². The lowest BCUT2D eigenvalue weighted by Gasteiger charge is -2.25. The fourth-order valence-corrected chi connectivity index (χ4v) is 3.54. The van der Waals surface area contributed by atoms with Gasteiger partial charge in [0.25, 0.3) is 0 Å². The Kier molecular flexibility index (Phi) is 4.18. The average Bonchev–Trinajstić information content (AvgIpc) is 3.14. The van der Waals surface area contributed by atoms with Crippen LogP contribution >= 0.6 is 0 Å². The molecule has 1 aromatic rings. The molecule has 0 radical (unpaired) electrons. The van der Waals surface area contributed by atoms with Crippen molar-refractivity contribution in [3.8, 4) is 0 Å². The van der Waals surface area contributed by atoms with Crippen LogP contribution in [0.4, 0.5) is 0 Å². The minimum Gasteiger partial charge on any atom is -0.332 e. The molecule has 1 aromatic heterocycles. The van der Waals surface area contributed by atoms with Crippen molar-refractivity contribution in [1.29, 1.82) is 0 Å². The second-order valence-corrected chi connectivity index (χ2v) is 6.08. The summed E-state index contributed by atoms with van der Waals surface area (Å²) in [5.41, 5.74) is 1.37. The monoisotopic (exact) mass is 262 g/mol. The van der Waals surface area contributed by atoms with Gasteiger partial charge in [0.1, 0.15) is 0 Å². The number of aromatic nitrogens is 2. The third kappa shape index (κ3) is 3.00. The normalized spacial score (nSPS) is 24.6. The van der Waals surface area contributed by atoms with E-state index in [0.717, 1.165) is 25.7 Å². The average molecular weight is 262 g/mol. The second kappa shape index (κ2) is 6.06. The van der Waals surface area contributed by atoms with Crippen molar-refractivity contribution in [2.45, 2.75) is 57.2 Å². The maximum atomic E-state index is 4.35. The van der Waals surface area contributed by atoms with E-state index < -0.39 is 0 Å². The number of nitrogens with zero attached hydrogens (tertiary/aromatic N) is 3.